The van der Waals surface area contributed by atoms with E-state index in [1.54, 1.807) is 6.92 Å². The van der Waals surface area contributed by atoms with Crippen molar-refractivity contribution in [3.63, 3.8) is 0 Å². The number of nitrogens with one attached hydrogen (secondary N) is 1. The Morgan fingerprint density at radius 2 is 1.84 bits per heavy atom. The number of carbonyl (C=O) groups excluding carboxylic acids is 3. The summed E-state index contributed by atoms with van der Waals surface area (Å²) in [6.45, 7) is 2.80. The maximum atomic E-state index is 12.9. The van der Waals surface area contributed by atoms with E-state index in [4.69, 9.17) is 4.74 Å². The van der Waals surface area contributed by atoms with E-state index in [1.807, 2.05) is 0 Å². The Morgan fingerprint density at radius 1 is 1.24 bits per heavy atom. The van der Waals surface area contributed by atoms with Gasteiger partial charge in [-0.2, -0.15) is 0 Å². The van der Waals surface area contributed by atoms with Gasteiger partial charge in [-0.05, 0) is 38.0 Å². The van der Waals surface area contributed by atoms with E-state index in [2.05, 4.69) is 37.2 Å². The molecule has 138 valence electrons. The highest BCUT2D eigenvalue weighted by molar-refractivity contribution is 9.12. The Kier molecular flexibility index (Phi) is 4.73. The largest absolute Gasteiger partial charge is 0.376 e. The number of rotatable bonds is 4. The summed E-state index contributed by atoms with van der Waals surface area (Å²) in [6.07, 6.45) is 2.88. The summed E-state index contributed by atoms with van der Waals surface area (Å²) >= 11 is 7.34. The lowest BCUT2D eigenvalue weighted by molar-refractivity contribution is -0.148. The second-order valence-corrected chi connectivity index (χ2v) is 9.72. The van der Waals surface area contributed by atoms with Crippen LogP contribution >= 0.6 is 31.9 Å². The topological polar surface area (TPSA) is 75.7 Å². The molecule has 8 heteroatoms. The van der Waals surface area contributed by atoms with E-state index < -0.39 is 6.04 Å². The monoisotopic (exact) mass is 476 g/mol. The highest BCUT2D eigenvalue weighted by Crippen LogP contribution is 2.60. The highest BCUT2D eigenvalue weighted by atomic mass is 79.9. The summed E-state index contributed by atoms with van der Waals surface area (Å²) < 4.78 is 5.50. The van der Waals surface area contributed by atoms with E-state index in [-0.39, 0.29) is 57.2 Å². The van der Waals surface area contributed by atoms with Crippen LogP contribution in [-0.2, 0) is 19.1 Å². The van der Waals surface area contributed by atoms with Crippen LogP contribution in [0.1, 0.15) is 26.2 Å². The Hall–Kier alpha value is -0.470. The molecule has 2 aliphatic carbocycles. The molecule has 2 saturated heterocycles. The van der Waals surface area contributed by atoms with E-state index in [1.165, 1.54) is 4.90 Å². The first-order chi connectivity index (χ1) is 11.9. The molecule has 8 atom stereocenters. The molecule has 0 radical (unpaired) electrons. The number of ether oxygens (including phenoxy) is 1. The summed E-state index contributed by atoms with van der Waals surface area (Å²) in [7, 11) is 0. The van der Waals surface area contributed by atoms with Crippen LogP contribution < -0.4 is 5.32 Å². The molecule has 2 bridgehead atoms. The smallest absolute Gasteiger partial charge is 0.243 e. The van der Waals surface area contributed by atoms with Gasteiger partial charge in [-0.15, -0.1) is 0 Å². The van der Waals surface area contributed by atoms with Gasteiger partial charge in [0.05, 0.1) is 17.9 Å². The molecule has 4 rings (SSSR count). The number of halogens is 2. The molecule has 1 N–H and O–H groups in total. The number of carbonyl (C=O) groups is 3. The summed E-state index contributed by atoms with van der Waals surface area (Å²) in [6, 6.07) is -0.769. The Balaban J connectivity index is 1.45. The lowest BCUT2D eigenvalue weighted by Gasteiger charge is -2.28. The summed E-state index contributed by atoms with van der Waals surface area (Å²) in [5.41, 5.74) is 0. The predicted octanol–water partition coefficient (Wildman–Crippen LogP) is 1.45. The zero-order chi connectivity index (χ0) is 17.9. The van der Waals surface area contributed by atoms with Crippen molar-refractivity contribution < 1.29 is 19.1 Å². The minimum absolute atomic E-state index is 0.0414. The van der Waals surface area contributed by atoms with Crippen LogP contribution in [0, 0.1) is 23.7 Å². The molecular formula is C17H22Br2N2O4. The normalized spacial score (nSPS) is 43.6. The third-order valence-electron chi connectivity index (χ3n) is 6.32. The number of fused-ring (bicyclic) bond motifs is 5. The fourth-order valence-corrected chi connectivity index (χ4v) is 6.91. The summed E-state index contributed by atoms with van der Waals surface area (Å²) in [5, 5.41) is 2.84. The third-order valence-corrected chi connectivity index (χ3v) is 9.52. The van der Waals surface area contributed by atoms with Crippen molar-refractivity contribution in [1.82, 2.24) is 10.2 Å². The van der Waals surface area contributed by atoms with Crippen molar-refractivity contribution in [3.05, 3.63) is 0 Å². The van der Waals surface area contributed by atoms with Gasteiger partial charge < -0.3 is 10.1 Å². The maximum Gasteiger partial charge on any atom is 0.243 e. The van der Waals surface area contributed by atoms with E-state index in [0.29, 0.717) is 6.54 Å². The molecule has 2 aliphatic heterocycles. The van der Waals surface area contributed by atoms with Gasteiger partial charge in [-0.1, -0.05) is 31.9 Å². The van der Waals surface area contributed by atoms with Gasteiger partial charge >= 0.3 is 0 Å². The molecule has 0 unspecified atom stereocenters. The first-order valence-corrected chi connectivity index (χ1v) is 10.8. The number of likely N-dealkylation sites (tertiary alicyclic amines) is 1. The summed E-state index contributed by atoms with van der Waals surface area (Å²) in [5.74, 6) is -0.841. The minimum atomic E-state index is -0.769. The maximum absolute atomic E-state index is 12.9. The predicted molar refractivity (Wildman–Crippen MR) is 97.3 cm³/mol. The Labute approximate surface area is 163 Å². The number of hydrogen-bond donors (Lipinski definition) is 1. The number of nitrogens with zero attached hydrogens (tertiary/aromatic N) is 1. The van der Waals surface area contributed by atoms with Crippen molar-refractivity contribution in [2.24, 2.45) is 23.7 Å². The van der Waals surface area contributed by atoms with Crippen molar-refractivity contribution in [2.45, 2.75) is 48.0 Å². The second-order valence-electron chi connectivity index (χ2n) is 7.61. The van der Waals surface area contributed by atoms with Gasteiger partial charge in [0.1, 0.15) is 6.04 Å². The molecule has 3 amide bonds. The standard InChI is InChI=1S/C17H22Br2N2O4/c1-7(15(22)20-6-8-3-2-4-25-8)21-16(23)11-9-5-10(12(11)17(21)24)14(19)13(9)18/h7-14H,2-6H2,1H3,(H,20,22)/t7-,8+,9-,10-,11-,12+,13-,14+/m0/s1. The lowest BCUT2D eigenvalue weighted by Crippen LogP contribution is -2.50. The minimum Gasteiger partial charge on any atom is -0.376 e. The second kappa shape index (κ2) is 6.60. The molecule has 0 aromatic heterocycles. The van der Waals surface area contributed by atoms with Crippen LogP contribution in [-0.4, -0.2) is 57.6 Å². The molecule has 4 fully saturated rings. The Bertz CT molecular complexity index is 577. The molecule has 0 aromatic rings. The van der Waals surface area contributed by atoms with Crippen LogP contribution in [0.3, 0.4) is 0 Å². The van der Waals surface area contributed by atoms with Crippen LogP contribution in [0.25, 0.3) is 0 Å². The summed E-state index contributed by atoms with van der Waals surface area (Å²) in [4.78, 5) is 39.9. The van der Waals surface area contributed by atoms with Gasteiger partial charge in [0.25, 0.3) is 0 Å². The third kappa shape index (κ3) is 2.70. The van der Waals surface area contributed by atoms with E-state index >= 15 is 0 Å². The van der Waals surface area contributed by atoms with E-state index in [9.17, 15) is 14.4 Å². The molecule has 6 nitrogen and oxygen atoms in total. The molecule has 25 heavy (non-hydrogen) atoms. The van der Waals surface area contributed by atoms with Gasteiger partial charge in [0.2, 0.25) is 17.7 Å². The number of imide groups is 1. The average Bonchev–Trinajstić information content (AvgIpc) is 3.33. The number of alkyl halides is 2. The molecule has 2 heterocycles. The van der Waals surface area contributed by atoms with Crippen molar-refractivity contribution in [1.29, 1.82) is 0 Å². The Morgan fingerprint density at radius 3 is 2.36 bits per heavy atom. The van der Waals surface area contributed by atoms with E-state index in [0.717, 1.165) is 25.9 Å². The molecule has 0 aromatic carbocycles. The lowest BCUT2D eigenvalue weighted by atomic mass is 9.81. The van der Waals surface area contributed by atoms with Crippen LogP contribution in [0.5, 0.6) is 0 Å². The van der Waals surface area contributed by atoms with Gasteiger partial charge in [0.15, 0.2) is 0 Å². The van der Waals surface area contributed by atoms with Crippen molar-refractivity contribution in [2.75, 3.05) is 13.2 Å². The molecule has 2 saturated carbocycles. The zero-order valence-corrected chi connectivity index (χ0v) is 17.2. The molecule has 0 spiro atoms. The fraction of sp³-hybridized carbons (Fsp3) is 0.824. The molecule has 4 aliphatic rings. The highest BCUT2D eigenvalue weighted by Gasteiger charge is 2.67. The van der Waals surface area contributed by atoms with Gasteiger partial charge in [-0.3, -0.25) is 19.3 Å². The van der Waals surface area contributed by atoms with Gasteiger partial charge in [0, 0.05) is 22.8 Å². The molecular weight excluding hydrogens is 456 g/mol. The average molecular weight is 478 g/mol. The van der Waals surface area contributed by atoms with Gasteiger partial charge in [-0.25, -0.2) is 0 Å². The van der Waals surface area contributed by atoms with Crippen LogP contribution in [0.2, 0.25) is 0 Å². The SMILES string of the molecule is C[C@@H](C(=O)NC[C@H]1CCCO1)N1C(=O)[C@@H]2[C@@H]3C[C@H]([C@H](Br)[C@@H]3Br)[C@@H]2C1=O. The van der Waals surface area contributed by atoms with Crippen LogP contribution in [0.15, 0.2) is 0 Å². The fourth-order valence-electron chi connectivity index (χ4n) is 5.04. The number of hydrogen-bond acceptors (Lipinski definition) is 4. The van der Waals surface area contributed by atoms with Crippen LogP contribution in [0.4, 0.5) is 0 Å². The zero-order valence-electron chi connectivity index (χ0n) is 14.0. The quantitative estimate of drug-likeness (QED) is 0.491. The first-order valence-electron chi connectivity index (χ1n) is 8.96. The van der Waals surface area contributed by atoms with Crippen molar-refractivity contribution >= 4 is 49.6 Å². The van der Waals surface area contributed by atoms with Crippen molar-refractivity contribution in [3.8, 4) is 0 Å². The first kappa shape index (κ1) is 17.9. The number of amides is 3.